The Bertz CT molecular complexity index is 421. The minimum Gasteiger partial charge on any atom is -0.491 e. The first-order valence-corrected chi connectivity index (χ1v) is 7.50. The summed E-state index contributed by atoms with van der Waals surface area (Å²) in [6.07, 6.45) is -0.0599. The number of aliphatic hydroxyl groups is 2. The van der Waals surface area contributed by atoms with Crippen molar-refractivity contribution in [2.24, 2.45) is 5.92 Å². The molecule has 0 amide bonds. The summed E-state index contributed by atoms with van der Waals surface area (Å²) in [5.74, 6) is 0.314. The fourth-order valence-electron chi connectivity index (χ4n) is 1.82. The van der Waals surface area contributed by atoms with E-state index in [9.17, 15) is 9.90 Å². The Morgan fingerprint density at radius 1 is 1.29 bits per heavy atom. The number of benzene rings is 1. The molecule has 0 heterocycles. The van der Waals surface area contributed by atoms with Gasteiger partial charge >= 0.3 is 5.97 Å². The van der Waals surface area contributed by atoms with Crippen molar-refractivity contribution >= 4 is 18.6 Å². The maximum atomic E-state index is 11.0. The maximum absolute atomic E-state index is 11.0. The normalized spacial score (nSPS) is 13.5. The van der Waals surface area contributed by atoms with Crippen molar-refractivity contribution < 1.29 is 24.5 Å². The van der Waals surface area contributed by atoms with Gasteiger partial charge < -0.3 is 19.7 Å². The van der Waals surface area contributed by atoms with E-state index in [2.05, 4.69) is 12.6 Å². The summed E-state index contributed by atoms with van der Waals surface area (Å²) >= 11 is 3.82. The van der Waals surface area contributed by atoms with Crippen molar-refractivity contribution in [1.82, 2.24) is 0 Å². The summed E-state index contributed by atoms with van der Waals surface area (Å²) in [6, 6.07) is 7.07. The molecule has 2 atom stereocenters. The highest BCUT2D eigenvalue weighted by Gasteiger charge is 2.17. The Hall–Kier alpha value is -1.24. The standard InChI is InChI=1S/C15H22O5S/c1-11(6-8-20-14(17)10-21)15(18)12-2-4-13(5-3-12)19-9-7-16/h2-5,11,15-16,18,21H,6-10H2,1H3/t11-,15-/m0/s1. The summed E-state index contributed by atoms with van der Waals surface area (Å²) < 4.78 is 10.2. The highest BCUT2D eigenvalue weighted by molar-refractivity contribution is 7.81. The molecule has 0 unspecified atom stereocenters. The van der Waals surface area contributed by atoms with Gasteiger partial charge in [0.15, 0.2) is 0 Å². The van der Waals surface area contributed by atoms with Crippen LogP contribution in [0.1, 0.15) is 25.0 Å². The van der Waals surface area contributed by atoms with E-state index in [-0.39, 0.29) is 37.5 Å². The second kappa shape index (κ2) is 9.65. The zero-order chi connectivity index (χ0) is 15.7. The summed E-state index contributed by atoms with van der Waals surface area (Å²) in [4.78, 5) is 11.0. The molecule has 118 valence electrons. The predicted molar refractivity (Wildman–Crippen MR) is 82.6 cm³/mol. The van der Waals surface area contributed by atoms with Gasteiger partial charge in [-0.15, -0.1) is 0 Å². The lowest BCUT2D eigenvalue weighted by Gasteiger charge is -2.19. The molecule has 0 saturated carbocycles. The number of hydrogen-bond donors (Lipinski definition) is 3. The van der Waals surface area contributed by atoms with Gasteiger partial charge in [-0.25, -0.2) is 0 Å². The average molecular weight is 314 g/mol. The molecule has 0 bridgehead atoms. The number of carbonyl (C=O) groups excluding carboxylic acids is 1. The van der Waals surface area contributed by atoms with E-state index >= 15 is 0 Å². The van der Waals surface area contributed by atoms with E-state index in [0.717, 1.165) is 5.56 Å². The number of esters is 1. The Balaban J connectivity index is 2.45. The zero-order valence-electron chi connectivity index (χ0n) is 12.1. The van der Waals surface area contributed by atoms with Gasteiger partial charge in [0.1, 0.15) is 12.4 Å². The van der Waals surface area contributed by atoms with E-state index in [1.165, 1.54) is 0 Å². The molecule has 5 nitrogen and oxygen atoms in total. The first-order valence-electron chi connectivity index (χ1n) is 6.86. The molecule has 6 heteroatoms. The number of aliphatic hydroxyl groups excluding tert-OH is 2. The largest absolute Gasteiger partial charge is 0.491 e. The molecule has 1 aromatic carbocycles. The van der Waals surface area contributed by atoms with Crippen LogP contribution in [0.3, 0.4) is 0 Å². The molecule has 0 spiro atoms. The quantitative estimate of drug-likeness (QED) is 0.477. The number of rotatable bonds is 9. The molecule has 0 aliphatic rings. The highest BCUT2D eigenvalue weighted by Crippen LogP contribution is 2.26. The number of hydrogen-bond acceptors (Lipinski definition) is 6. The van der Waals surface area contributed by atoms with Gasteiger partial charge in [0.25, 0.3) is 0 Å². The van der Waals surface area contributed by atoms with Gasteiger partial charge in [-0.3, -0.25) is 4.79 Å². The lowest BCUT2D eigenvalue weighted by molar-refractivity contribution is -0.141. The lowest BCUT2D eigenvalue weighted by Crippen LogP contribution is -2.14. The van der Waals surface area contributed by atoms with E-state index in [1.54, 1.807) is 24.3 Å². The van der Waals surface area contributed by atoms with Crippen molar-refractivity contribution in [1.29, 1.82) is 0 Å². The molecule has 0 radical (unpaired) electrons. The third-order valence-corrected chi connectivity index (χ3v) is 3.34. The minimum atomic E-state index is -0.633. The van der Waals surface area contributed by atoms with Crippen LogP contribution in [-0.2, 0) is 9.53 Å². The summed E-state index contributed by atoms with van der Waals surface area (Å²) in [5.41, 5.74) is 0.777. The van der Waals surface area contributed by atoms with E-state index in [4.69, 9.17) is 14.6 Å². The first kappa shape index (κ1) is 17.8. The van der Waals surface area contributed by atoms with Crippen LogP contribution in [0.15, 0.2) is 24.3 Å². The first-order chi connectivity index (χ1) is 10.1. The van der Waals surface area contributed by atoms with Gasteiger partial charge in [0.2, 0.25) is 0 Å². The lowest BCUT2D eigenvalue weighted by atomic mass is 9.95. The number of thiol groups is 1. The van der Waals surface area contributed by atoms with Crippen molar-refractivity contribution in [3.8, 4) is 5.75 Å². The molecule has 1 aromatic rings. The van der Waals surface area contributed by atoms with E-state index < -0.39 is 6.10 Å². The van der Waals surface area contributed by atoms with Crippen molar-refractivity contribution in [2.45, 2.75) is 19.4 Å². The monoisotopic (exact) mass is 314 g/mol. The predicted octanol–water partition coefficient (Wildman–Crippen LogP) is 1.59. The van der Waals surface area contributed by atoms with Crippen molar-refractivity contribution in [2.75, 3.05) is 25.6 Å². The van der Waals surface area contributed by atoms with Crippen LogP contribution >= 0.6 is 12.6 Å². The van der Waals surface area contributed by atoms with Crippen LogP contribution in [0, 0.1) is 5.92 Å². The second-order valence-corrected chi connectivity index (χ2v) is 5.05. The topological polar surface area (TPSA) is 76.0 Å². The van der Waals surface area contributed by atoms with Crippen LogP contribution in [0.25, 0.3) is 0 Å². The Morgan fingerprint density at radius 3 is 2.52 bits per heavy atom. The van der Waals surface area contributed by atoms with Gasteiger partial charge in [-0.2, -0.15) is 12.6 Å². The van der Waals surface area contributed by atoms with Crippen molar-refractivity contribution in [3.63, 3.8) is 0 Å². The Morgan fingerprint density at radius 2 is 1.95 bits per heavy atom. The van der Waals surface area contributed by atoms with Gasteiger partial charge in [-0.1, -0.05) is 19.1 Å². The van der Waals surface area contributed by atoms with Crippen LogP contribution in [-0.4, -0.2) is 41.8 Å². The fraction of sp³-hybridized carbons (Fsp3) is 0.533. The minimum absolute atomic E-state index is 0.0353. The molecular weight excluding hydrogens is 292 g/mol. The molecule has 0 saturated heterocycles. The van der Waals surface area contributed by atoms with E-state index in [1.807, 2.05) is 6.92 Å². The van der Waals surface area contributed by atoms with Crippen LogP contribution in [0.4, 0.5) is 0 Å². The Kier molecular flexibility index (Phi) is 8.19. The molecular formula is C15H22O5S. The van der Waals surface area contributed by atoms with Crippen LogP contribution < -0.4 is 4.74 Å². The van der Waals surface area contributed by atoms with Crippen molar-refractivity contribution in [3.05, 3.63) is 29.8 Å². The average Bonchev–Trinajstić information content (AvgIpc) is 2.52. The second-order valence-electron chi connectivity index (χ2n) is 4.73. The van der Waals surface area contributed by atoms with Crippen LogP contribution in [0.2, 0.25) is 0 Å². The van der Waals surface area contributed by atoms with Gasteiger partial charge in [0.05, 0.1) is 25.1 Å². The van der Waals surface area contributed by atoms with Gasteiger partial charge in [-0.05, 0) is 30.0 Å². The molecule has 2 N–H and O–H groups in total. The molecule has 21 heavy (non-hydrogen) atoms. The highest BCUT2D eigenvalue weighted by atomic mass is 32.1. The molecule has 0 aromatic heterocycles. The Labute approximate surface area is 130 Å². The smallest absolute Gasteiger partial charge is 0.315 e. The van der Waals surface area contributed by atoms with E-state index in [0.29, 0.717) is 12.2 Å². The third kappa shape index (κ3) is 6.37. The molecule has 0 aliphatic heterocycles. The maximum Gasteiger partial charge on any atom is 0.315 e. The van der Waals surface area contributed by atoms with Crippen LogP contribution in [0.5, 0.6) is 5.75 Å². The summed E-state index contributed by atoms with van der Waals surface area (Å²) in [6.45, 7) is 2.38. The SMILES string of the molecule is C[C@@H](CCOC(=O)CS)[C@H](O)c1ccc(OCCO)cc1. The molecule has 1 rings (SSSR count). The molecule has 0 aliphatic carbocycles. The fourth-order valence-corrected chi connectivity index (χ4v) is 1.91. The third-order valence-electron chi connectivity index (χ3n) is 3.09. The number of ether oxygens (including phenoxy) is 2. The summed E-state index contributed by atoms with van der Waals surface area (Å²) in [7, 11) is 0. The summed E-state index contributed by atoms with van der Waals surface area (Å²) in [5, 5.41) is 18.9. The molecule has 0 fully saturated rings. The number of carbonyl (C=O) groups is 1. The zero-order valence-corrected chi connectivity index (χ0v) is 13.0. The van der Waals surface area contributed by atoms with Gasteiger partial charge in [0, 0.05) is 0 Å².